The lowest BCUT2D eigenvalue weighted by Gasteiger charge is -2.49. The molecule has 1 radical (unpaired) electrons. The van der Waals surface area contributed by atoms with Crippen LogP contribution in [0.2, 0.25) is 0 Å². The summed E-state index contributed by atoms with van der Waals surface area (Å²) in [6.07, 6.45) is 3.51. The zero-order valence-electron chi connectivity index (χ0n) is 28.9. The van der Waals surface area contributed by atoms with Gasteiger partial charge in [-0.25, -0.2) is 4.79 Å². The van der Waals surface area contributed by atoms with E-state index in [9.17, 15) is 14.8 Å². The number of methoxy groups -OCH3 is 4. The van der Waals surface area contributed by atoms with Crippen LogP contribution in [0.5, 0.6) is 23.0 Å². The molecule has 48 heavy (non-hydrogen) atoms. The highest BCUT2D eigenvalue weighted by Crippen LogP contribution is 2.39. The summed E-state index contributed by atoms with van der Waals surface area (Å²) in [5.41, 5.74) is 1.44. The number of anilines is 1. The second-order valence-corrected chi connectivity index (χ2v) is 13.0. The number of rotatable bonds is 12. The van der Waals surface area contributed by atoms with Crippen molar-refractivity contribution in [3.63, 3.8) is 0 Å². The molecule has 0 spiro atoms. The fourth-order valence-electron chi connectivity index (χ4n) is 6.18. The number of piperidine rings is 1. The number of alkyl carbamates (subject to hydrolysis) is 1. The summed E-state index contributed by atoms with van der Waals surface area (Å²) >= 11 is 0. The molecule has 11 heteroatoms. The van der Waals surface area contributed by atoms with E-state index in [4.69, 9.17) is 23.7 Å². The van der Waals surface area contributed by atoms with Crippen molar-refractivity contribution in [1.82, 2.24) is 10.4 Å². The second-order valence-electron chi connectivity index (χ2n) is 13.0. The predicted octanol–water partition coefficient (Wildman–Crippen LogP) is 6.53. The van der Waals surface area contributed by atoms with Crippen LogP contribution in [0.4, 0.5) is 10.5 Å². The van der Waals surface area contributed by atoms with Gasteiger partial charge in [0.25, 0.3) is 0 Å². The molecule has 0 unspecified atom stereocenters. The molecule has 1 heterocycles. The van der Waals surface area contributed by atoms with Gasteiger partial charge in [-0.15, -0.1) is 10.3 Å². The quantitative estimate of drug-likeness (QED) is 0.210. The molecule has 257 valence electrons. The van der Waals surface area contributed by atoms with Gasteiger partial charge in [-0.3, -0.25) is 4.79 Å². The highest BCUT2D eigenvalue weighted by Gasteiger charge is 2.47. The summed E-state index contributed by atoms with van der Waals surface area (Å²) in [4.78, 5) is 27.0. The maximum absolute atomic E-state index is 13.8. The lowest BCUT2D eigenvalue weighted by Crippen LogP contribution is -2.60. The topological polar surface area (TPSA) is 127 Å². The number of nitrogens with zero attached hydrogens (tertiary/aromatic N) is 1. The van der Waals surface area contributed by atoms with Crippen molar-refractivity contribution in [2.45, 2.75) is 70.2 Å². The molecule has 4 rings (SSSR count). The lowest BCUT2D eigenvalue weighted by molar-refractivity contribution is -0.298. The fourth-order valence-corrected chi connectivity index (χ4v) is 6.18. The number of nitrogens with one attached hydrogen (secondary N) is 2. The Labute approximate surface area is 282 Å². The molecular weight excluding hydrogens is 614 g/mol. The van der Waals surface area contributed by atoms with Crippen molar-refractivity contribution in [2.24, 2.45) is 0 Å². The molecule has 0 aromatic heterocycles. The Morgan fingerprint density at radius 3 is 1.96 bits per heavy atom. The van der Waals surface area contributed by atoms with Gasteiger partial charge in [0, 0.05) is 30.3 Å². The molecule has 0 aliphatic carbocycles. The first kappa shape index (κ1) is 36.1. The smallest absolute Gasteiger partial charge is 0.408 e. The van der Waals surface area contributed by atoms with Gasteiger partial charge >= 0.3 is 6.09 Å². The van der Waals surface area contributed by atoms with Gasteiger partial charge < -0.3 is 34.3 Å². The van der Waals surface area contributed by atoms with Crippen LogP contribution in [0.15, 0.2) is 60.7 Å². The minimum Gasteiger partial charge on any atom is -0.495 e. The molecule has 2 amide bonds. The van der Waals surface area contributed by atoms with Crippen LogP contribution < -0.4 is 29.6 Å². The van der Waals surface area contributed by atoms with Gasteiger partial charge in [-0.1, -0.05) is 48.6 Å². The minimum absolute atomic E-state index is 0.223. The van der Waals surface area contributed by atoms with E-state index in [0.717, 1.165) is 21.8 Å². The van der Waals surface area contributed by atoms with Crippen molar-refractivity contribution in [2.75, 3.05) is 33.8 Å². The molecule has 2 N–H and O–H groups in total. The van der Waals surface area contributed by atoms with Gasteiger partial charge in [0.05, 0.1) is 34.1 Å². The van der Waals surface area contributed by atoms with Crippen LogP contribution in [-0.4, -0.2) is 68.7 Å². The first-order valence-corrected chi connectivity index (χ1v) is 15.8. The van der Waals surface area contributed by atoms with E-state index in [1.54, 1.807) is 33.5 Å². The first-order valence-electron chi connectivity index (χ1n) is 15.8. The van der Waals surface area contributed by atoms with Gasteiger partial charge in [-0.05, 0) is 68.7 Å². The lowest BCUT2D eigenvalue weighted by atomic mass is 9.80. The molecule has 3 aromatic carbocycles. The molecule has 1 saturated heterocycles. The van der Waals surface area contributed by atoms with Crippen LogP contribution in [0.25, 0.3) is 12.2 Å². The molecule has 3 aromatic rings. The van der Waals surface area contributed by atoms with Crippen molar-refractivity contribution in [3.8, 4) is 23.0 Å². The molecule has 1 aliphatic heterocycles. The molecular formula is C37H46N3O8. The van der Waals surface area contributed by atoms with E-state index in [-0.39, 0.29) is 6.42 Å². The number of hydrogen-bond donors (Lipinski definition) is 2. The largest absolute Gasteiger partial charge is 0.495 e. The number of ether oxygens (including phenoxy) is 5. The highest BCUT2D eigenvalue weighted by molar-refractivity contribution is 5.98. The van der Waals surface area contributed by atoms with Gasteiger partial charge in [0.15, 0.2) is 11.5 Å². The van der Waals surface area contributed by atoms with Gasteiger partial charge in [0.1, 0.15) is 17.9 Å². The number of benzene rings is 3. The maximum Gasteiger partial charge on any atom is 0.408 e. The zero-order valence-corrected chi connectivity index (χ0v) is 28.9. The summed E-state index contributed by atoms with van der Waals surface area (Å²) in [6, 6.07) is 17.5. The average molecular weight is 661 g/mol. The van der Waals surface area contributed by atoms with E-state index < -0.39 is 35.2 Å². The Bertz CT molecular complexity index is 1560. The van der Waals surface area contributed by atoms with Crippen LogP contribution >= 0.6 is 0 Å². The van der Waals surface area contributed by atoms with Crippen molar-refractivity contribution >= 4 is 29.8 Å². The fraction of sp³-hybridized carbons (Fsp3) is 0.405. The third-order valence-corrected chi connectivity index (χ3v) is 8.36. The van der Waals surface area contributed by atoms with E-state index in [1.807, 2.05) is 88.4 Å². The normalized spacial score (nSPS) is 16.5. The Hall–Kier alpha value is -4.74. The van der Waals surface area contributed by atoms with E-state index in [2.05, 4.69) is 10.6 Å². The number of carbonyl (C=O) groups excluding carboxylic acids is 2. The van der Waals surface area contributed by atoms with Crippen molar-refractivity contribution in [3.05, 3.63) is 77.4 Å². The van der Waals surface area contributed by atoms with Crippen LogP contribution in [0.1, 0.15) is 57.2 Å². The third kappa shape index (κ3) is 8.78. The number of amides is 2. The first-order chi connectivity index (χ1) is 22.8. The standard InChI is InChI=1S/C37H46N3O8/c1-36(2)22-27(23-37(3,4)40(36)43)48-35(42)39-29(19-24-12-10-9-11-13-24)34(41)38-28-18-25(16-17-30(28)44-5)14-15-26-20-31(45-6)33(47-8)32(21-26)46-7/h9-18,20-21,27,29H,19,22-23H2,1-8H3,(H,38,41)(H,39,42)/b15-14-/t29-/m0/s1. The summed E-state index contributed by atoms with van der Waals surface area (Å²) in [5.74, 6) is 1.55. The van der Waals surface area contributed by atoms with E-state index >= 15 is 0 Å². The summed E-state index contributed by atoms with van der Waals surface area (Å²) < 4.78 is 27.7. The average Bonchev–Trinajstić information content (AvgIpc) is 3.05. The predicted molar refractivity (Wildman–Crippen MR) is 184 cm³/mol. The summed E-state index contributed by atoms with van der Waals surface area (Å²) in [7, 11) is 6.18. The second kappa shape index (κ2) is 15.4. The highest BCUT2D eigenvalue weighted by atomic mass is 16.6. The van der Waals surface area contributed by atoms with E-state index in [0.29, 0.717) is 41.5 Å². The van der Waals surface area contributed by atoms with Crippen molar-refractivity contribution < 1.29 is 38.5 Å². The summed E-state index contributed by atoms with van der Waals surface area (Å²) in [6.45, 7) is 7.34. The number of hydroxylamine groups is 2. The van der Waals surface area contributed by atoms with Crippen LogP contribution in [-0.2, 0) is 21.2 Å². The Morgan fingerprint density at radius 1 is 0.812 bits per heavy atom. The molecule has 11 nitrogen and oxygen atoms in total. The Kier molecular flexibility index (Phi) is 11.6. The zero-order chi connectivity index (χ0) is 35.1. The van der Waals surface area contributed by atoms with Gasteiger partial charge in [-0.2, -0.15) is 0 Å². The van der Waals surface area contributed by atoms with Crippen LogP contribution in [0, 0.1) is 0 Å². The monoisotopic (exact) mass is 660 g/mol. The number of hydrogen-bond acceptors (Lipinski definition) is 8. The van der Waals surface area contributed by atoms with Crippen LogP contribution in [0.3, 0.4) is 0 Å². The third-order valence-electron chi connectivity index (χ3n) is 8.36. The summed E-state index contributed by atoms with van der Waals surface area (Å²) in [5, 5.41) is 19.6. The number of carbonyl (C=O) groups is 2. The molecule has 0 bridgehead atoms. The van der Waals surface area contributed by atoms with E-state index in [1.165, 1.54) is 7.11 Å². The van der Waals surface area contributed by atoms with Gasteiger partial charge in [0.2, 0.25) is 11.7 Å². The Morgan fingerprint density at radius 2 is 1.40 bits per heavy atom. The maximum atomic E-state index is 13.8. The molecule has 1 fully saturated rings. The Balaban J connectivity index is 1.55. The molecule has 1 aliphatic rings. The van der Waals surface area contributed by atoms with Crippen molar-refractivity contribution in [1.29, 1.82) is 0 Å². The molecule has 1 atom stereocenters. The minimum atomic E-state index is -0.969. The molecule has 0 saturated carbocycles. The SMILES string of the molecule is COc1ccc(/C=C\c2cc(OC)c(OC)c(OC)c2)cc1NC(=O)[C@H](Cc1ccccc1)NC(=O)OC1CC(C)(C)N([O])C(C)(C)C1.